The van der Waals surface area contributed by atoms with Gasteiger partial charge in [-0.25, -0.2) is 0 Å². The van der Waals surface area contributed by atoms with Crippen molar-refractivity contribution in [3.8, 4) is 0 Å². The number of ether oxygens (including phenoxy) is 1. The van der Waals surface area contributed by atoms with E-state index in [1.54, 1.807) is 0 Å². The summed E-state index contributed by atoms with van der Waals surface area (Å²) in [5.41, 5.74) is 0. The van der Waals surface area contributed by atoms with Crippen molar-refractivity contribution in [2.24, 2.45) is 11.8 Å². The molecular weight excluding hydrogens is 144 g/mol. The maximum Gasteiger partial charge on any atom is 0.302 e. The van der Waals surface area contributed by atoms with E-state index in [0.717, 1.165) is 0 Å². The van der Waals surface area contributed by atoms with E-state index in [4.69, 9.17) is 4.74 Å². The molecule has 3 heteroatoms. The second-order valence-electron chi connectivity index (χ2n) is 3.10. The van der Waals surface area contributed by atoms with Gasteiger partial charge >= 0.3 is 5.97 Å². The van der Waals surface area contributed by atoms with Crippen LogP contribution < -0.4 is 0 Å². The summed E-state index contributed by atoms with van der Waals surface area (Å²) in [6, 6.07) is 0. The Morgan fingerprint density at radius 2 is 2.00 bits per heavy atom. The zero-order valence-electron chi connectivity index (χ0n) is 6.23. The Morgan fingerprint density at radius 1 is 1.45 bits per heavy atom. The molecule has 2 bridgehead atoms. The Hall–Kier alpha value is -0.830. The molecule has 3 aliphatic rings. The molecule has 2 unspecified atom stereocenters. The highest BCUT2D eigenvalue weighted by molar-refractivity contribution is 5.66. The summed E-state index contributed by atoms with van der Waals surface area (Å²) in [4.78, 5) is 10.5. The molecule has 0 aromatic carbocycles. The van der Waals surface area contributed by atoms with E-state index in [-0.39, 0.29) is 30.0 Å². The minimum absolute atomic E-state index is 0.0592. The summed E-state index contributed by atoms with van der Waals surface area (Å²) < 4.78 is 4.98. The van der Waals surface area contributed by atoms with Gasteiger partial charge in [-0.15, -0.1) is 0 Å². The highest BCUT2D eigenvalue weighted by Gasteiger charge is 2.53. The van der Waals surface area contributed by atoms with E-state index in [1.165, 1.54) is 6.92 Å². The van der Waals surface area contributed by atoms with Gasteiger partial charge in [-0.05, 0) is 0 Å². The van der Waals surface area contributed by atoms with E-state index < -0.39 is 0 Å². The molecule has 1 N–H and O–H groups in total. The van der Waals surface area contributed by atoms with Gasteiger partial charge in [0.25, 0.3) is 0 Å². The standard InChI is InChI=1S/C8H10O3/c1-4(9)11-8-5-2-3-6(8)7(5)10/h2-3,5-8,10H,1H3. The van der Waals surface area contributed by atoms with Crippen molar-refractivity contribution in [1.29, 1.82) is 0 Å². The van der Waals surface area contributed by atoms with Gasteiger partial charge in [-0.1, -0.05) is 12.2 Å². The summed E-state index contributed by atoms with van der Waals surface area (Å²) in [5.74, 6) is -0.145. The minimum Gasteiger partial charge on any atom is -0.461 e. The zero-order valence-corrected chi connectivity index (χ0v) is 6.23. The SMILES string of the molecule is CC(=O)OC1C2C=CC1C2O. The maximum absolute atomic E-state index is 10.5. The number of carbonyl (C=O) groups is 1. The summed E-state index contributed by atoms with van der Waals surface area (Å²) in [6.45, 7) is 1.39. The third-order valence-electron chi connectivity index (χ3n) is 2.41. The lowest BCUT2D eigenvalue weighted by Crippen LogP contribution is -2.51. The van der Waals surface area contributed by atoms with Crippen LogP contribution in [-0.4, -0.2) is 23.3 Å². The van der Waals surface area contributed by atoms with Crippen LogP contribution in [0.2, 0.25) is 0 Å². The van der Waals surface area contributed by atoms with Crippen LogP contribution in [0.15, 0.2) is 12.2 Å². The van der Waals surface area contributed by atoms with Crippen LogP contribution >= 0.6 is 0 Å². The van der Waals surface area contributed by atoms with Gasteiger partial charge in [0.1, 0.15) is 6.10 Å². The Balaban J connectivity index is 1.98. The normalized spacial score (nSPS) is 45.3. The van der Waals surface area contributed by atoms with Crippen molar-refractivity contribution < 1.29 is 14.6 Å². The molecule has 0 aromatic rings. The van der Waals surface area contributed by atoms with Crippen LogP contribution in [-0.2, 0) is 9.53 Å². The van der Waals surface area contributed by atoms with Crippen LogP contribution in [0.25, 0.3) is 0 Å². The smallest absolute Gasteiger partial charge is 0.302 e. The molecule has 2 atom stereocenters. The first-order chi connectivity index (χ1) is 5.20. The van der Waals surface area contributed by atoms with E-state index in [9.17, 15) is 9.90 Å². The second-order valence-corrected chi connectivity index (χ2v) is 3.10. The van der Waals surface area contributed by atoms with Gasteiger partial charge in [-0.2, -0.15) is 0 Å². The molecule has 60 valence electrons. The molecule has 0 aliphatic heterocycles. The molecule has 3 aliphatic carbocycles. The van der Waals surface area contributed by atoms with Crippen LogP contribution in [0.5, 0.6) is 0 Å². The Labute approximate surface area is 64.7 Å². The molecule has 0 aromatic heterocycles. The van der Waals surface area contributed by atoms with Crippen molar-refractivity contribution >= 4 is 5.97 Å². The third-order valence-corrected chi connectivity index (χ3v) is 2.41. The average Bonchev–Trinajstić information content (AvgIpc) is 2.46. The van der Waals surface area contributed by atoms with Gasteiger partial charge in [0.15, 0.2) is 0 Å². The molecule has 1 saturated carbocycles. The van der Waals surface area contributed by atoms with Crippen molar-refractivity contribution in [2.45, 2.75) is 19.1 Å². The molecular formula is C8H10O3. The van der Waals surface area contributed by atoms with Crippen LogP contribution in [0.3, 0.4) is 0 Å². The number of carbonyl (C=O) groups excluding carboxylic acids is 1. The topological polar surface area (TPSA) is 46.5 Å². The Morgan fingerprint density at radius 3 is 2.36 bits per heavy atom. The molecule has 3 rings (SSSR count). The van der Waals surface area contributed by atoms with E-state index >= 15 is 0 Å². The largest absolute Gasteiger partial charge is 0.461 e. The predicted molar refractivity (Wildman–Crippen MR) is 37.7 cm³/mol. The Bertz CT molecular complexity index is 207. The monoisotopic (exact) mass is 154 g/mol. The van der Waals surface area contributed by atoms with E-state index in [2.05, 4.69) is 0 Å². The van der Waals surface area contributed by atoms with Crippen LogP contribution in [0, 0.1) is 11.8 Å². The molecule has 0 heterocycles. The molecule has 0 saturated heterocycles. The third kappa shape index (κ3) is 0.807. The lowest BCUT2D eigenvalue weighted by Gasteiger charge is -2.40. The quantitative estimate of drug-likeness (QED) is 0.430. The molecule has 0 amide bonds. The van der Waals surface area contributed by atoms with Gasteiger partial charge < -0.3 is 9.84 Å². The fraction of sp³-hybridized carbons (Fsp3) is 0.625. The molecule has 1 fully saturated rings. The summed E-state index contributed by atoms with van der Waals surface area (Å²) in [6.07, 6.45) is 3.45. The fourth-order valence-electron chi connectivity index (χ4n) is 1.81. The molecule has 11 heavy (non-hydrogen) atoms. The van der Waals surface area contributed by atoms with Crippen molar-refractivity contribution in [3.63, 3.8) is 0 Å². The van der Waals surface area contributed by atoms with Gasteiger partial charge in [0, 0.05) is 18.8 Å². The number of rotatable bonds is 1. The van der Waals surface area contributed by atoms with Crippen LogP contribution in [0.4, 0.5) is 0 Å². The minimum atomic E-state index is -0.306. The van der Waals surface area contributed by atoms with Gasteiger partial charge in [0.05, 0.1) is 6.10 Å². The van der Waals surface area contributed by atoms with Crippen LogP contribution in [0.1, 0.15) is 6.92 Å². The van der Waals surface area contributed by atoms with Gasteiger partial charge in [0.2, 0.25) is 0 Å². The van der Waals surface area contributed by atoms with Crippen molar-refractivity contribution in [1.82, 2.24) is 0 Å². The molecule has 0 spiro atoms. The lowest BCUT2D eigenvalue weighted by molar-refractivity contribution is -0.169. The number of aliphatic hydroxyl groups is 1. The molecule has 3 nitrogen and oxygen atoms in total. The van der Waals surface area contributed by atoms with Crippen molar-refractivity contribution in [3.05, 3.63) is 12.2 Å². The fourth-order valence-corrected chi connectivity index (χ4v) is 1.81. The van der Waals surface area contributed by atoms with Gasteiger partial charge in [-0.3, -0.25) is 4.79 Å². The average molecular weight is 154 g/mol. The highest BCUT2D eigenvalue weighted by Crippen LogP contribution is 2.44. The van der Waals surface area contributed by atoms with Crippen molar-refractivity contribution in [2.75, 3.05) is 0 Å². The second kappa shape index (κ2) is 2.08. The van der Waals surface area contributed by atoms with E-state index in [1.807, 2.05) is 12.2 Å². The Kier molecular flexibility index (Phi) is 1.29. The van der Waals surface area contributed by atoms with E-state index in [0.29, 0.717) is 0 Å². The zero-order chi connectivity index (χ0) is 8.01. The lowest BCUT2D eigenvalue weighted by atomic mass is 9.76. The number of hydrogen-bond acceptors (Lipinski definition) is 3. The highest BCUT2D eigenvalue weighted by atomic mass is 16.5. The first kappa shape index (κ1) is 6.85. The molecule has 0 radical (unpaired) electrons. The maximum atomic E-state index is 10.5. The number of aliphatic hydroxyl groups excluding tert-OH is 1. The first-order valence-electron chi connectivity index (χ1n) is 3.74. The number of hydrogen-bond donors (Lipinski definition) is 1. The predicted octanol–water partition coefficient (Wildman–Crippen LogP) is 0.0948. The first-order valence-corrected chi connectivity index (χ1v) is 3.74. The summed E-state index contributed by atoms with van der Waals surface area (Å²) >= 11 is 0. The summed E-state index contributed by atoms with van der Waals surface area (Å²) in [7, 11) is 0. The number of esters is 1. The summed E-state index contributed by atoms with van der Waals surface area (Å²) in [5, 5.41) is 9.28.